The number of hydrogen-bond acceptors (Lipinski definition) is 3. The molecular formula is C16H10BrClN4. The summed E-state index contributed by atoms with van der Waals surface area (Å²) in [6.45, 7) is 0. The van der Waals surface area contributed by atoms with Crippen molar-refractivity contribution in [2.75, 3.05) is 0 Å². The number of nitrogens with zero attached hydrogens (tertiary/aromatic N) is 3. The van der Waals surface area contributed by atoms with Crippen LogP contribution in [0.4, 0.5) is 0 Å². The molecule has 0 aliphatic carbocycles. The lowest BCUT2D eigenvalue weighted by Crippen LogP contribution is -1.92. The minimum absolute atomic E-state index is 0.549. The summed E-state index contributed by atoms with van der Waals surface area (Å²) >= 11 is 9.63. The Morgan fingerprint density at radius 3 is 2.86 bits per heavy atom. The number of aromatic nitrogens is 3. The summed E-state index contributed by atoms with van der Waals surface area (Å²) in [6, 6.07) is 13.1. The minimum atomic E-state index is 0.549. The first kappa shape index (κ1) is 14.8. The van der Waals surface area contributed by atoms with Gasteiger partial charge in [-0.15, -0.1) is 0 Å². The fraction of sp³-hybridized carbons (Fsp3) is 0.0625. The molecule has 2 aromatic heterocycles. The first-order valence-electron chi connectivity index (χ1n) is 6.51. The molecule has 0 saturated carbocycles. The van der Waals surface area contributed by atoms with E-state index in [2.05, 4.69) is 37.0 Å². The van der Waals surface area contributed by atoms with Crippen LogP contribution in [0.1, 0.15) is 17.0 Å². The Labute approximate surface area is 140 Å². The maximum atomic E-state index is 8.98. The standard InChI is InChI=1S/C16H10BrClN4/c17-16-15(13-7-10(9-19)5-6-20-13)21-14(22-16)8-11-3-1-2-4-12(11)18/h1-7H,8H2,(H,21,22). The molecule has 0 radical (unpaired) electrons. The van der Waals surface area contributed by atoms with Gasteiger partial charge in [0.25, 0.3) is 0 Å². The Morgan fingerprint density at radius 1 is 1.27 bits per heavy atom. The maximum absolute atomic E-state index is 8.98. The van der Waals surface area contributed by atoms with Crippen LogP contribution in [0.2, 0.25) is 5.02 Å². The molecule has 0 amide bonds. The number of halogens is 2. The zero-order valence-electron chi connectivity index (χ0n) is 11.3. The number of hydrogen-bond donors (Lipinski definition) is 1. The fourth-order valence-electron chi connectivity index (χ4n) is 2.10. The molecule has 22 heavy (non-hydrogen) atoms. The molecule has 3 rings (SSSR count). The molecule has 0 atom stereocenters. The quantitative estimate of drug-likeness (QED) is 0.742. The van der Waals surface area contributed by atoms with Crippen LogP contribution in [-0.4, -0.2) is 15.0 Å². The maximum Gasteiger partial charge on any atom is 0.121 e. The van der Waals surface area contributed by atoms with Gasteiger partial charge in [0.15, 0.2) is 0 Å². The summed E-state index contributed by atoms with van der Waals surface area (Å²) in [5.74, 6) is 0.777. The van der Waals surface area contributed by atoms with Crippen LogP contribution in [0.25, 0.3) is 11.4 Å². The average molecular weight is 374 g/mol. The third-order valence-electron chi connectivity index (χ3n) is 3.16. The van der Waals surface area contributed by atoms with E-state index in [1.807, 2.05) is 24.3 Å². The molecule has 0 aliphatic heterocycles. The molecule has 4 nitrogen and oxygen atoms in total. The van der Waals surface area contributed by atoms with Crippen molar-refractivity contribution in [1.82, 2.24) is 15.0 Å². The normalized spacial score (nSPS) is 10.4. The van der Waals surface area contributed by atoms with E-state index in [1.54, 1.807) is 18.3 Å². The van der Waals surface area contributed by atoms with Crippen LogP contribution in [-0.2, 0) is 6.42 Å². The highest BCUT2D eigenvalue weighted by molar-refractivity contribution is 9.10. The predicted molar refractivity (Wildman–Crippen MR) is 88.5 cm³/mol. The van der Waals surface area contributed by atoms with Crippen molar-refractivity contribution < 1.29 is 0 Å². The van der Waals surface area contributed by atoms with Crippen molar-refractivity contribution in [3.05, 3.63) is 69.2 Å². The van der Waals surface area contributed by atoms with E-state index in [-0.39, 0.29) is 0 Å². The van der Waals surface area contributed by atoms with Crippen LogP contribution in [0, 0.1) is 11.3 Å². The number of H-pyrrole nitrogens is 1. The number of benzene rings is 1. The highest BCUT2D eigenvalue weighted by Gasteiger charge is 2.13. The fourth-order valence-corrected chi connectivity index (χ4v) is 2.83. The molecule has 1 N–H and O–H groups in total. The molecule has 108 valence electrons. The summed E-state index contributed by atoms with van der Waals surface area (Å²) in [7, 11) is 0. The molecule has 6 heteroatoms. The molecule has 1 aromatic carbocycles. The highest BCUT2D eigenvalue weighted by atomic mass is 79.9. The predicted octanol–water partition coefficient (Wildman–Crippen LogP) is 4.35. The van der Waals surface area contributed by atoms with E-state index in [0.29, 0.717) is 28.4 Å². The number of nitriles is 1. The van der Waals surface area contributed by atoms with Gasteiger partial charge in [-0.1, -0.05) is 29.8 Å². The van der Waals surface area contributed by atoms with Gasteiger partial charge in [0.05, 0.1) is 17.3 Å². The summed E-state index contributed by atoms with van der Waals surface area (Å²) in [4.78, 5) is 12.0. The van der Waals surface area contributed by atoms with Gasteiger partial charge in [-0.05, 0) is 39.7 Å². The number of imidazole rings is 1. The molecular weight excluding hydrogens is 364 g/mol. The molecule has 0 fully saturated rings. The van der Waals surface area contributed by atoms with Gasteiger partial charge in [0.2, 0.25) is 0 Å². The van der Waals surface area contributed by atoms with Crippen LogP contribution in [0.3, 0.4) is 0 Å². The second-order valence-electron chi connectivity index (χ2n) is 4.66. The Morgan fingerprint density at radius 2 is 2.09 bits per heavy atom. The van der Waals surface area contributed by atoms with E-state index >= 15 is 0 Å². The van der Waals surface area contributed by atoms with Crippen molar-refractivity contribution in [2.45, 2.75) is 6.42 Å². The molecule has 2 heterocycles. The van der Waals surface area contributed by atoms with Crippen LogP contribution < -0.4 is 0 Å². The topological polar surface area (TPSA) is 65.4 Å². The van der Waals surface area contributed by atoms with E-state index < -0.39 is 0 Å². The zero-order chi connectivity index (χ0) is 15.5. The van der Waals surface area contributed by atoms with Crippen LogP contribution in [0.15, 0.2) is 47.2 Å². The molecule has 0 saturated heterocycles. The number of aromatic amines is 1. The van der Waals surface area contributed by atoms with Crippen molar-refractivity contribution in [1.29, 1.82) is 5.26 Å². The summed E-state index contributed by atoms with van der Waals surface area (Å²) in [5, 5.41) is 9.69. The lowest BCUT2D eigenvalue weighted by atomic mass is 10.1. The van der Waals surface area contributed by atoms with Gasteiger partial charge < -0.3 is 4.98 Å². The number of rotatable bonds is 3. The van der Waals surface area contributed by atoms with Crippen LogP contribution in [0.5, 0.6) is 0 Å². The largest absolute Gasteiger partial charge is 0.336 e. The van der Waals surface area contributed by atoms with E-state index in [1.165, 1.54) is 0 Å². The average Bonchev–Trinajstić information content (AvgIpc) is 2.90. The minimum Gasteiger partial charge on any atom is -0.336 e. The first-order chi connectivity index (χ1) is 10.7. The van der Waals surface area contributed by atoms with Gasteiger partial charge in [-0.25, -0.2) is 4.98 Å². The third kappa shape index (κ3) is 3.03. The Kier molecular flexibility index (Phi) is 4.23. The summed E-state index contributed by atoms with van der Waals surface area (Å²) < 4.78 is 0.733. The van der Waals surface area contributed by atoms with E-state index in [4.69, 9.17) is 16.9 Å². The lowest BCUT2D eigenvalue weighted by Gasteiger charge is -2.00. The van der Waals surface area contributed by atoms with Crippen LogP contribution >= 0.6 is 27.5 Å². The number of pyridine rings is 1. The monoisotopic (exact) mass is 372 g/mol. The van der Waals surface area contributed by atoms with Crippen molar-refractivity contribution in [3.8, 4) is 17.5 Å². The first-order valence-corrected chi connectivity index (χ1v) is 7.69. The Bertz CT molecular complexity index is 867. The summed E-state index contributed by atoms with van der Waals surface area (Å²) in [5.41, 5.74) is 2.87. The van der Waals surface area contributed by atoms with Gasteiger partial charge >= 0.3 is 0 Å². The smallest absolute Gasteiger partial charge is 0.121 e. The lowest BCUT2D eigenvalue weighted by molar-refractivity contribution is 1.02. The molecule has 0 bridgehead atoms. The molecule has 0 unspecified atom stereocenters. The van der Waals surface area contributed by atoms with Crippen molar-refractivity contribution in [3.63, 3.8) is 0 Å². The van der Waals surface area contributed by atoms with Crippen molar-refractivity contribution in [2.24, 2.45) is 0 Å². The van der Waals surface area contributed by atoms with Gasteiger partial charge in [0, 0.05) is 17.6 Å². The highest BCUT2D eigenvalue weighted by Crippen LogP contribution is 2.26. The van der Waals surface area contributed by atoms with E-state index in [9.17, 15) is 0 Å². The molecule has 0 aliphatic rings. The van der Waals surface area contributed by atoms with Gasteiger partial charge in [-0.2, -0.15) is 5.26 Å². The van der Waals surface area contributed by atoms with Gasteiger partial charge in [0.1, 0.15) is 16.1 Å². The van der Waals surface area contributed by atoms with E-state index in [0.717, 1.165) is 16.0 Å². The third-order valence-corrected chi connectivity index (χ3v) is 4.10. The second-order valence-corrected chi connectivity index (χ2v) is 5.86. The van der Waals surface area contributed by atoms with Gasteiger partial charge in [-0.3, -0.25) is 4.98 Å². The zero-order valence-corrected chi connectivity index (χ0v) is 13.7. The Hall–Kier alpha value is -2.16. The second kappa shape index (κ2) is 6.30. The summed E-state index contributed by atoms with van der Waals surface area (Å²) in [6.07, 6.45) is 2.19. The van der Waals surface area contributed by atoms with Crippen molar-refractivity contribution >= 4 is 27.5 Å². The number of nitrogens with one attached hydrogen (secondary N) is 1. The molecule has 0 spiro atoms. The Balaban J connectivity index is 1.94. The SMILES string of the molecule is N#Cc1ccnc(-c2nc(Cc3ccccc3Cl)[nH]c2Br)c1. The molecule has 3 aromatic rings.